The number of hydrogen-bond donors (Lipinski definition) is 2. The third kappa shape index (κ3) is 4.47. The van der Waals surface area contributed by atoms with Crippen LogP contribution < -0.4 is 10.6 Å². The second kappa shape index (κ2) is 7.81. The summed E-state index contributed by atoms with van der Waals surface area (Å²) in [5.41, 5.74) is 2.24. The molecule has 0 fully saturated rings. The molecule has 1 heterocycles. The Balaban J connectivity index is 2.11. The molecule has 5 nitrogen and oxygen atoms in total. The summed E-state index contributed by atoms with van der Waals surface area (Å²) in [6, 6.07) is 11.3. The van der Waals surface area contributed by atoms with E-state index in [0.717, 1.165) is 11.1 Å². The minimum absolute atomic E-state index is 0.0948. The van der Waals surface area contributed by atoms with Crippen LogP contribution in [0.25, 0.3) is 0 Å². The van der Waals surface area contributed by atoms with Gasteiger partial charge in [0, 0.05) is 6.92 Å². The number of carbonyl (C=O) groups excluding carboxylic acids is 2. The zero-order valence-electron chi connectivity index (χ0n) is 14.6. The molecule has 1 aromatic heterocycles. The number of carbonyl (C=O) groups is 2. The van der Waals surface area contributed by atoms with Crippen LogP contribution in [0.1, 0.15) is 54.3 Å². The molecule has 0 radical (unpaired) electrons. The first-order chi connectivity index (χ1) is 11.4. The fourth-order valence-corrected chi connectivity index (χ4v) is 2.56. The quantitative estimate of drug-likeness (QED) is 0.854. The van der Waals surface area contributed by atoms with Crippen LogP contribution in [0.3, 0.4) is 0 Å². The maximum Gasteiger partial charge on any atom is 0.287 e. The van der Waals surface area contributed by atoms with Gasteiger partial charge >= 0.3 is 0 Å². The van der Waals surface area contributed by atoms with Gasteiger partial charge in [-0.05, 0) is 36.1 Å². The van der Waals surface area contributed by atoms with E-state index in [0.29, 0.717) is 5.76 Å². The normalized spacial score (nSPS) is 12.0. The first kappa shape index (κ1) is 17.8. The maximum atomic E-state index is 12.5. The molecule has 2 rings (SSSR count). The predicted molar refractivity (Wildman–Crippen MR) is 92.5 cm³/mol. The van der Waals surface area contributed by atoms with Crippen molar-refractivity contribution in [3.63, 3.8) is 0 Å². The van der Waals surface area contributed by atoms with Crippen molar-refractivity contribution in [1.29, 1.82) is 0 Å². The number of benzene rings is 1. The summed E-state index contributed by atoms with van der Waals surface area (Å²) >= 11 is 0. The molecule has 128 valence electrons. The molecule has 1 unspecified atom stereocenters. The van der Waals surface area contributed by atoms with Crippen LogP contribution in [0.4, 0.5) is 0 Å². The van der Waals surface area contributed by atoms with E-state index in [1.807, 2.05) is 31.2 Å². The van der Waals surface area contributed by atoms with Crippen molar-refractivity contribution in [2.24, 2.45) is 5.92 Å². The minimum atomic E-state index is -0.258. The number of nitrogens with one attached hydrogen (secondary N) is 2. The Kier molecular flexibility index (Phi) is 5.79. The van der Waals surface area contributed by atoms with E-state index in [9.17, 15) is 9.59 Å². The van der Waals surface area contributed by atoms with E-state index in [-0.39, 0.29) is 36.1 Å². The fraction of sp³-hybridized carbons (Fsp3) is 0.368. The van der Waals surface area contributed by atoms with Gasteiger partial charge in [0.1, 0.15) is 5.76 Å². The molecule has 0 aliphatic rings. The first-order valence-corrected chi connectivity index (χ1v) is 8.08. The van der Waals surface area contributed by atoms with Gasteiger partial charge < -0.3 is 15.1 Å². The largest absolute Gasteiger partial charge is 0.454 e. The summed E-state index contributed by atoms with van der Waals surface area (Å²) in [7, 11) is 0. The third-order valence-corrected chi connectivity index (χ3v) is 3.87. The number of furan rings is 1. The number of amides is 2. The molecule has 1 aromatic carbocycles. The third-order valence-electron chi connectivity index (χ3n) is 3.87. The summed E-state index contributed by atoms with van der Waals surface area (Å²) in [6.45, 7) is 7.89. The molecule has 0 aliphatic carbocycles. The van der Waals surface area contributed by atoms with Gasteiger partial charge in [0.15, 0.2) is 5.76 Å². The molecule has 0 spiro atoms. The lowest BCUT2D eigenvalue weighted by molar-refractivity contribution is -0.119. The van der Waals surface area contributed by atoms with Crippen molar-refractivity contribution in [3.8, 4) is 0 Å². The molecule has 0 aliphatic heterocycles. The molecular weight excluding hydrogens is 304 g/mol. The Morgan fingerprint density at radius 3 is 2.46 bits per heavy atom. The molecule has 2 aromatic rings. The van der Waals surface area contributed by atoms with Crippen LogP contribution in [-0.2, 0) is 11.3 Å². The highest BCUT2D eigenvalue weighted by Gasteiger charge is 2.22. The number of rotatable bonds is 6. The van der Waals surface area contributed by atoms with E-state index >= 15 is 0 Å². The molecule has 0 bridgehead atoms. The summed E-state index contributed by atoms with van der Waals surface area (Å²) in [5, 5.41) is 5.69. The van der Waals surface area contributed by atoms with E-state index in [1.54, 1.807) is 12.1 Å². The topological polar surface area (TPSA) is 71.3 Å². The smallest absolute Gasteiger partial charge is 0.287 e. The molecule has 1 atom stereocenters. The highest BCUT2D eigenvalue weighted by Crippen LogP contribution is 2.25. The zero-order chi connectivity index (χ0) is 17.7. The highest BCUT2D eigenvalue weighted by atomic mass is 16.4. The van der Waals surface area contributed by atoms with E-state index in [4.69, 9.17) is 4.42 Å². The standard InChI is InChI=1S/C19H24N2O3/c1-12(2)18(16-8-6-5-7-13(16)3)21-19(23)17-10-9-15(24-17)11-20-14(4)22/h5-10,12,18H,11H2,1-4H3,(H,20,22)(H,21,23). The summed E-state index contributed by atoms with van der Waals surface area (Å²) < 4.78 is 5.52. The van der Waals surface area contributed by atoms with Crippen molar-refractivity contribution >= 4 is 11.8 Å². The fourth-order valence-electron chi connectivity index (χ4n) is 2.56. The molecular formula is C19H24N2O3. The van der Waals surface area contributed by atoms with Gasteiger partial charge in [0.05, 0.1) is 12.6 Å². The van der Waals surface area contributed by atoms with Crippen LogP contribution in [0.5, 0.6) is 0 Å². The Hall–Kier alpha value is -2.56. The lowest BCUT2D eigenvalue weighted by Gasteiger charge is -2.24. The second-order valence-corrected chi connectivity index (χ2v) is 6.23. The van der Waals surface area contributed by atoms with Crippen LogP contribution >= 0.6 is 0 Å². The van der Waals surface area contributed by atoms with Gasteiger partial charge in [-0.25, -0.2) is 0 Å². The molecule has 5 heteroatoms. The van der Waals surface area contributed by atoms with Crippen molar-refractivity contribution < 1.29 is 14.0 Å². The lowest BCUT2D eigenvalue weighted by atomic mass is 9.92. The van der Waals surface area contributed by atoms with Crippen molar-refractivity contribution in [2.75, 3.05) is 0 Å². The van der Waals surface area contributed by atoms with Crippen molar-refractivity contribution in [3.05, 3.63) is 59.0 Å². The van der Waals surface area contributed by atoms with Crippen LogP contribution in [0, 0.1) is 12.8 Å². The zero-order valence-corrected chi connectivity index (χ0v) is 14.6. The van der Waals surface area contributed by atoms with Crippen LogP contribution in [0.15, 0.2) is 40.8 Å². The molecule has 0 saturated heterocycles. The van der Waals surface area contributed by atoms with E-state index in [1.165, 1.54) is 6.92 Å². The summed E-state index contributed by atoms with van der Waals surface area (Å²) in [5.74, 6) is 0.633. The molecule has 2 N–H and O–H groups in total. The van der Waals surface area contributed by atoms with E-state index < -0.39 is 0 Å². The molecule has 2 amide bonds. The average Bonchev–Trinajstić information content (AvgIpc) is 3.00. The Morgan fingerprint density at radius 1 is 1.12 bits per heavy atom. The van der Waals surface area contributed by atoms with Crippen molar-refractivity contribution in [2.45, 2.75) is 40.3 Å². The SMILES string of the molecule is CC(=O)NCc1ccc(C(=O)NC(c2ccccc2C)C(C)C)o1. The van der Waals surface area contributed by atoms with E-state index in [2.05, 4.69) is 24.5 Å². The highest BCUT2D eigenvalue weighted by molar-refractivity contribution is 5.91. The second-order valence-electron chi connectivity index (χ2n) is 6.23. The number of aryl methyl sites for hydroxylation is 1. The minimum Gasteiger partial charge on any atom is -0.454 e. The first-order valence-electron chi connectivity index (χ1n) is 8.08. The lowest BCUT2D eigenvalue weighted by Crippen LogP contribution is -2.32. The van der Waals surface area contributed by atoms with Gasteiger partial charge in [0.25, 0.3) is 5.91 Å². The molecule has 0 saturated carbocycles. The predicted octanol–water partition coefficient (Wildman–Crippen LogP) is 3.35. The van der Waals surface area contributed by atoms with Gasteiger partial charge in [-0.1, -0.05) is 38.1 Å². The van der Waals surface area contributed by atoms with Gasteiger partial charge in [-0.2, -0.15) is 0 Å². The van der Waals surface area contributed by atoms with Crippen LogP contribution in [-0.4, -0.2) is 11.8 Å². The molecule has 24 heavy (non-hydrogen) atoms. The summed E-state index contributed by atoms with van der Waals surface area (Å²) in [6.07, 6.45) is 0. The van der Waals surface area contributed by atoms with Gasteiger partial charge in [-0.3, -0.25) is 9.59 Å². The maximum absolute atomic E-state index is 12.5. The van der Waals surface area contributed by atoms with Gasteiger partial charge in [0.2, 0.25) is 5.91 Å². The summed E-state index contributed by atoms with van der Waals surface area (Å²) in [4.78, 5) is 23.4. The Labute approximate surface area is 142 Å². The average molecular weight is 328 g/mol. The number of hydrogen-bond acceptors (Lipinski definition) is 3. The van der Waals surface area contributed by atoms with Gasteiger partial charge in [-0.15, -0.1) is 0 Å². The van der Waals surface area contributed by atoms with Crippen LogP contribution in [0.2, 0.25) is 0 Å². The monoisotopic (exact) mass is 328 g/mol. The Bertz CT molecular complexity index is 719. The van der Waals surface area contributed by atoms with Crippen molar-refractivity contribution in [1.82, 2.24) is 10.6 Å². The Morgan fingerprint density at radius 2 is 1.83 bits per heavy atom.